The molecule has 3 rings (SSSR count). The average Bonchev–Trinajstić information content (AvgIpc) is 2.59. The van der Waals surface area contributed by atoms with E-state index in [1.165, 1.54) is 9.80 Å². The highest BCUT2D eigenvalue weighted by Crippen LogP contribution is 2.35. The van der Waals surface area contributed by atoms with Crippen molar-refractivity contribution in [3.05, 3.63) is 77.2 Å². The minimum Gasteiger partial charge on any atom is -0.292 e. The van der Waals surface area contributed by atoms with E-state index in [-0.39, 0.29) is 17.9 Å². The smallest absolute Gasteiger partial charge is 0.180 e. The Kier molecular flexibility index (Phi) is 4.99. The molecule has 2 nitrogen and oxygen atoms in total. The second kappa shape index (κ2) is 7.16. The molecule has 0 fully saturated rings. The minimum absolute atomic E-state index is 0.0939. The third kappa shape index (κ3) is 3.74. The van der Waals surface area contributed by atoms with E-state index in [0.717, 1.165) is 12.0 Å². The van der Waals surface area contributed by atoms with Gasteiger partial charge in [0.15, 0.2) is 5.78 Å². The fourth-order valence-electron chi connectivity index (χ4n) is 2.86. The van der Waals surface area contributed by atoms with Gasteiger partial charge in [-0.05, 0) is 31.0 Å². The maximum absolute atomic E-state index is 12.9. The van der Waals surface area contributed by atoms with Crippen LogP contribution >= 0.6 is 11.8 Å². The number of ketones is 1. The van der Waals surface area contributed by atoms with Crippen LogP contribution in [0.1, 0.15) is 23.7 Å². The van der Waals surface area contributed by atoms with E-state index >= 15 is 0 Å². The van der Waals surface area contributed by atoms with Gasteiger partial charge >= 0.3 is 0 Å². The Bertz CT molecular complexity index is 696. The van der Waals surface area contributed by atoms with Crippen LogP contribution in [-0.4, -0.2) is 29.8 Å². The average molecular weight is 323 g/mol. The number of carbonyl (C=O) groups excluding carboxylic acids is 1. The number of likely N-dealkylation sites (N-methyl/N-ethyl adjacent to an activating group) is 1. The summed E-state index contributed by atoms with van der Waals surface area (Å²) in [5.74, 6) is 0.208. The predicted octanol–water partition coefficient (Wildman–Crippen LogP) is 4.64. The van der Waals surface area contributed by atoms with Gasteiger partial charge in [-0.3, -0.25) is 9.69 Å². The Labute approximate surface area is 142 Å². The lowest BCUT2D eigenvalue weighted by molar-refractivity contribution is 0.0817. The second-order valence-corrected chi connectivity index (χ2v) is 7.10. The van der Waals surface area contributed by atoms with Gasteiger partial charge in [0.05, 0.1) is 6.04 Å². The number of nitrogens with zero attached hydrogens (tertiary/aromatic N) is 1. The van der Waals surface area contributed by atoms with Gasteiger partial charge in [-0.2, -0.15) is 0 Å². The SMILES string of the molecule is C[C@H]1C=C(Sc2ccccc2)C[C@H](C(=O)c2ccccc2)N1C. The van der Waals surface area contributed by atoms with Crippen LogP contribution in [-0.2, 0) is 0 Å². The third-order valence-electron chi connectivity index (χ3n) is 4.31. The molecule has 0 N–H and O–H groups in total. The number of carbonyl (C=O) groups is 1. The van der Waals surface area contributed by atoms with Crippen molar-refractivity contribution in [3.63, 3.8) is 0 Å². The van der Waals surface area contributed by atoms with Crippen LogP contribution in [0.2, 0.25) is 0 Å². The van der Waals surface area contributed by atoms with Gasteiger partial charge < -0.3 is 0 Å². The summed E-state index contributed by atoms with van der Waals surface area (Å²) in [6.07, 6.45) is 3.04. The van der Waals surface area contributed by atoms with Gasteiger partial charge in [0.2, 0.25) is 0 Å². The minimum atomic E-state index is -0.0939. The summed E-state index contributed by atoms with van der Waals surface area (Å²) in [7, 11) is 2.04. The zero-order valence-electron chi connectivity index (χ0n) is 13.5. The van der Waals surface area contributed by atoms with Crippen molar-refractivity contribution in [2.45, 2.75) is 30.3 Å². The van der Waals surface area contributed by atoms with E-state index in [9.17, 15) is 4.79 Å². The van der Waals surface area contributed by atoms with Crippen molar-refractivity contribution >= 4 is 17.5 Å². The summed E-state index contributed by atoms with van der Waals surface area (Å²) in [5.41, 5.74) is 0.794. The third-order valence-corrected chi connectivity index (χ3v) is 5.38. The van der Waals surface area contributed by atoms with Crippen molar-refractivity contribution in [2.75, 3.05) is 7.05 Å². The monoisotopic (exact) mass is 323 g/mol. The summed E-state index contributed by atoms with van der Waals surface area (Å²) < 4.78 is 0. The van der Waals surface area contributed by atoms with Gasteiger partial charge in [0.25, 0.3) is 0 Å². The molecule has 0 spiro atoms. The number of hydrogen-bond donors (Lipinski definition) is 0. The van der Waals surface area contributed by atoms with Crippen LogP contribution < -0.4 is 0 Å². The van der Waals surface area contributed by atoms with E-state index in [1.54, 1.807) is 11.8 Å². The van der Waals surface area contributed by atoms with Crippen molar-refractivity contribution in [3.8, 4) is 0 Å². The van der Waals surface area contributed by atoms with E-state index in [1.807, 2.05) is 55.6 Å². The van der Waals surface area contributed by atoms with E-state index < -0.39 is 0 Å². The standard InChI is InChI=1S/C20H21NOS/c1-15-13-18(23-17-11-7-4-8-12-17)14-19(21(15)2)20(22)16-9-5-3-6-10-16/h3-13,15,19H,14H2,1-2H3/t15-,19+/m0/s1. The number of benzene rings is 2. The number of rotatable bonds is 4. The fraction of sp³-hybridized carbons (Fsp3) is 0.250. The zero-order valence-corrected chi connectivity index (χ0v) is 14.3. The summed E-state index contributed by atoms with van der Waals surface area (Å²) in [4.78, 5) is 17.5. The van der Waals surface area contributed by atoms with Crippen LogP contribution in [0, 0.1) is 0 Å². The topological polar surface area (TPSA) is 20.3 Å². The van der Waals surface area contributed by atoms with Gasteiger partial charge in [0.1, 0.15) is 0 Å². The van der Waals surface area contributed by atoms with Crippen LogP contribution in [0.25, 0.3) is 0 Å². The Morgan fingerprint density at radius 3 is 2.30 bits per heavy atom. The molecular weight excluding hydrogens is 302 g/mol. The van der Waals surface area contributed by atoms with Crippen molar-refractivity contribution in [1.29, 1.82) is 0 Å². The lowest BCUT2D eigenvalue weighted by atomic mass is 9.96. The summed E-state index contributed by atoms with van der Waals surface area (Å²) in [5, 5.41) is 0. The first-order chi connectivity index (χ1) is 11.1. The molecule has 0 saturated heterocycles. The van der Waals surface area contributed by atoms with Crippen molar-refractivity contribution in [1.82, 2.24) is 4.90 Å². The molecule has 0 aromatic heterocycles. The summed E-state index contributed by atoms with van der Waals surface area (Å²) >= 11 is 1.77. The molecule has 0 unspecified atom stereocenters. The normalized spacial score (nSPS) is 21.7. The molecule has 0 bridgehead atoms. The Hall–Kier alpha value is -1.84. The second-order valence-electron chi connectivity index (χ2n) is 5.90. The Morgan fingerprint density at radius 2 is 1.65 bits per heavy atom. The van der Waals surface area contributed by atoms with Gasteiger partial charge in [-0.15, -0.1) is 0 Å². The highest BCUT2D eigenvalue weighted by Gasteiger charge is 2.31. The molecule has 2 atom stereocenters. The first-order valence-corrected chi connectivity index (χ1v) is 8.71. The van der Waals surface area contributed by atoms with E-state index in [0.29, 0.717) is 0 Å². The highest BCUT2D eigenvalue weighted by molar-refractivity contribution is 8.03. The number of Topliss-reactive ketones (excluding diaryl/α,β-unsaturated/α-hetero) is 1. The number of thioether (sulfide) groups is 1. The van der Waals surface area contributed by atoms with Crippen molar-refractivity contribution < 1.29 is 4.79 Å². The largest absolute Gasteiger partial charge is 0.292 e. The van der Waals surface area contributed by atoms with Crippen LogP contribution in [0.15, 0.2) is 76.5 Å². The maximum atomic E-state index is 12.9. The predicted molar refractivity (Wildman–Crippen MR) is 96.8 cm³/mol. The lowest BCUT2D eigenvalue weighted by Gasteiger charge is -2.35. The Balaban J connectivity index is 1.80. The van der Waals surface area contributed by atoms with Gasteiger partial charge in [-0.25, -0.2) is 0 Å². The first kappa shape index (κ1) is 16.0. The first-order valence-electron chi connectivity index (χ1n) is 7.90. The van der Waals surface area contributed by atoms with Crippen molar-refractivity contribution in [2.24, 2.45) is 0 Å². The molecule has 0 amide bonds. The zero-order chi connectivity index (χ0) is 16.2. The quantitative estimate of drug-likeness (QED) is 0.765. The molecule has 0 radical (unpaired) electrons. The molecule has 1 aliphatic heterocycles. The van der Waals surface area contributed by atoms with Crippen LogP contribution in [0.3, 0.4) is 0 Å². The summed E-state index contributed by atoms with van der Waals surface area (Å²) in [6.45, 7) is 2.15. The molecule has 0 aliphatic carbocycles. The van der Waals surface area contributed by atoms with E-state index in [4.69, 9.17) is 0 Å². The van der Waals surface area contributed by atoms with Crippen LogP contribution in [0.5, 0.6) is 0 Å². The highest BCUT2D eigenvalue weighted by atomic mass is 32.2. The van der Waals surface area contributed by atoms with Gasteiger partial charge in [0, 0.05) is 22.9 Å². The molecule has 2 aromatic rings. The molecule has 23 heavy (non-hydrogen) atoms. The van der Waals surface area contributed by atoms with Gasteiger partial charge in [-0.1, -0.05) is 66.4 Å². The fourth-order valence-corrected chi connectivity index (χ4v) is 3.96. The molecule has 2 aromatic carbocycles. The van der Waals surface area contributed by atoms with E-state index in [2.05, 4.69) is 30.0 Å². The molecular formula is C20H21NOS. The molecule has 3 heteroatoms. The molecule has 1 heterocycles. The molecule has 0 saturated carbocycles. The Morgan fingerprint density at radius 1 is 1.04 bits per heavy atom. The number of hydrogen-bond acceptors (Lipinski definition) is 3. The molecule has 118 valence electrons. The maximum Gasteiger partial charge on any atom is 0.180 e. The van der Waals surface area contributed by atoms with Crippen LogP contribution in [0.4, 0.5) is 0 Å². The molecule has 1 aliphatic rings. The summed E-state index contributed by atoms with van der Waals surface area (Å²) in [6, 6.07) is 20.1. The lowest BCUT2D eigenvalue weighted by Crippen LogP contribution is -2.45.